The second-order valence-corrected chi connectivity index (χ2v) is 5.69. The molecule has 0 bridgehead atoms. The van der Waals surface area contributed by atoms with Gasteiger partial charge in [0.05, 0.1) is 0 Å². The molecule has 102 valence electrons. The quantitative estimate of drug-likeness (QED) is 0.331. The number of hydrogen-bond acceptors (Lipinski definition) is 4. The van der Waals surface area contributed by atoms with Gasteiger partial charge in [0, 0.05) is 25.7 Å². The first-order valence-electron chi connectivity index (χ1n) is 3.52. The third-order valence-corrected chi connectivity index (χ3v) is 3.04. The van der Waals surface area contributed by atoms with Crippen LogP contribution in [0.3, 0.4) is 0 Å². The van der Waals surface area contributed by atoms with Crippen molar-refractivity contribution in [1.29, 1.82) is 0 Å². The van der Waals surface area contributed by atoms with Gasteiger partial charge in [0.2, 0.25) is 0 Å². The Morgan fingerprint density at radius 3 is 1.44 bits per heavy atom. The molecular weight excluding hydrogens is 380 g/mol. The third kappa shape index (κ3) is 15.2. The van der Waals surface area contributed by atoms with Crippen molar-refractivity contribution in [2.24, 2.45) is 0 Å². The van der Waals surface area contributed by atoms with Gasteiger partial charge in [0.25, 0.3) is 0 Å². The van der Waals surface area contributed by atoms with E-state index in [0.717, 1.165) is 12.3 Å². The van der Waals surface area contributed by atoms with Crippen LogP contribution in [0.15, 0.2) is 0 Å². The molecule has 1 N–H and O–H groups in total. The Balaban J connectivity index is -0.0000000825. The zero-order valence-corrected chi connectivity index (χ0v) is 13.1. The van der Waals surface area contributed by atoms with Crippen LogP contribution in [0.5, 0.6) is 0 Å². The largest absolute Gasteiger partial charge is 1.00 e. The van der Waals surface area contributed by atoms with Crippen LogP contribution in [0.2, 0.25) is 0 Å². The monoisotopic (exact) mass is 392 g/mol. The molecule has 4 nitrogen and oxygen atoms in total. The van der Waals surface area contributed by atoms with E-state index in [-0.39, 0.29) is 34.7 Å². The van der Waals surface area contributed by atoms with Crippen molar-refractivity contribution in [1.82, 2.24) is 0 Å². The van der Waals surface area contributed by atoms with Gasteiger partial charge in [0.1, 0.15) is 0 Å². The van der Waals surface area contributed by atoms with E-state index < -0.39 is 23.8 Å². The Labute approximate surface area is 115 Å². The number of alkyl halides is 3. The van der Waals surface area contributed by atoms with Gasteiger partial charge in [-0.25, -0.2) is 8.42 Å². The molecule has 4 radical (unpaired) electrons. The normalized spacial score (nSPS) is 10.8. The first kappa shape index (κ1) is 25.9. The predicted octanol–water partition coefficient (Wildman–Crippen LogP) is 1.08. The van der Waals surface area contributed by atoms with Gasteiger partial charge in [-0.1, -0.05) is 13.8 Å². The van der Waals surface area contributed by atoms with E-state index in [9.17, 15) is 13.2 Å². The van der Waals surface area contributed by atoms with Gasteiger partial charge in [-0.05, 0) is 12.3 Å². The van der Waals surface area contributed by atoms with Gasteiger partial charge < -0.3 is 9.45 Å². The summed E-state index contributed by atoms with van der Waals surface area (Å²) in [6.45, 7) is 4.02. The topological polar surface area (TPSA) is 77.4 Å². The zero-order valence-electron chi connectivity index (χ0n) is 8.38. The second-order valence-electron chi connectivity index (χ2n) is 2.04. The van der Waals surface area contributed by atoms with E-state index in [1.807, 2.05) is 13.8 Å². The molecule has 0 atom stereocenters. The first-order chi connectivity index (χ1) is 6.06. The molecule has 0 saturated carbocycles. The van der Waals surface area contributed by atoms with Crippen molar-refractivity contribution in [2.45, 2.75) is 19.4 Å². The van der Waals surface area contributed by atoms with E-state index in [0.29, 0.717) is 0 Å². The molecular formula is C5H11CuF3GeO4PS. The SMILES string of the molecule is CCP(O)CC.O=S(=O)([O-])C(F)(F)F.[Cu+].[Ge]. The molecule has 16 heavy (non-hydrogen) atoms. The van der Waals surface area contributed by atoms with Gasteiger partial charge in [-0.15, -0.1) is 0 Å². The van der Waals surface area contributed by atoms with Crippen LogP contribution in [0.1, 0.15) is 13.8 Å². The third-order valence-electron chi connectivity index (χ3n) is 1.01. The Hall–Kier alpha value is 1.15. The summed E-state index contributed by atoms with van der Waals surface area (Å²) in [5, 5.41) is 0. The van der Waals surface area contributed by atoms with Gasteiger partial charge in [-0.3, -0.25) is 0 Å². The summed E-state index contributed by atoms with van der Waals surface area (Å²) in [7, 11) is -6.67. The van der Waals surface area contributed by atoms with Crippen molar-refractivity contribution in [3.8, 4) is 0 Å². The van der Waals surface area contributed by atoms with Crippen molar-refractivity contribution in [3.05, 3.63) is 0 Å². The summed E-state index contributed by atoms with van der Waals surface area (Å²) in [6, 6.07) is 0. The summed E-state index contributed by atoms with van der Waals surface area (Å²) in [5.41, 5.74) is -5.65. The van der Waals surface area contributed by atoms with Crippen LogP contribution in [0.25, 0.3) is 0 Å². The molecule has 0 amide bonds. The minimum Gasteiger partial charge on any atom is -0.741 e. The standard InChI is InChI=1S/C4H11OP.CHF3O3S.Cu.Ge/c1-3-6(5)4-2;2-1(3,4)8(5,6)7;;/h5H,3-4H2,1-2H3;(H,5,6,7);;/q;;+1;/p-1. The van der Waals surface area contributed by atoms with Crippen molar-refractivity contribution >= 4 is 35.9 Å². The van der Waals surface area contributed by atoms with E-state index in [4.69, 9.17) is 17.9 Å². The van der Waals surface area contributed by atoms with E-state index >= 15 is 0 Å². The molecule has 0 aliphatic carbocycles. The maximum atomic E-state index is 10.7. The smallest absolute Gasteiger partial charge is 0.741 e. The van der Waals surface area contributed by atoms with E-state index in [1.165, 1.54) is 0 Å². The van der Waals surface area contributed by atoms with Crippen LogP contribution in [0.4, 0.5) is 13.2 Å². The first-order valence-corrected chi connectivity index (χ1v) is 6.59. The van der Waals surface area contributed by atoms with Crippen molar-refractivity contribution in [3.63, 3.8) is 0 Å². The minimum atomic E-state index is -6.09. The Morgan fingerprint density at radius 2 is 1.44 bits per heavy atom. The fourth-order valence-corrected chi connectivity index (χ4v) is 0.671. The molecule has 0 aromatic carbocycles. The maximum absolute atomic E-state index is 10.7. The zero-order chi connectivity index (χ0) is 12.0. The number of hydrogen-bond donors (Lipinski definition) is 1. The molecule has 0 aliphatic heterocycles. The Morgan fingerprint density at radius 1 is 1.25 bits per heavy atom. The average Bonchev–Trinajstić information content (AvgIpc) is 2.00. The van der Waals surface area contributed by atoms with Gasteiger partial charge in [0.15, 0.2) is 10.1 Å². The molecule has 0 heterocycles. The molecule has 0 saturated heterocycles. The fraction of sp³-hybridized carbons (Fsp3) is 1.00. The van der Waals surface area contributed by atoms with Crippen LogP contribution in [-0.4, -0.2) is 53.3 Å². The Kier molecular flexibility index (Phi) is 18.2. The van der Waals surface area contributed by atoms with E-state index in [2.05, 4.69) is 0 Å². The summed E-state index contributed by atoms with van der Waals surface area (Å²) in [4.78, 5) is 8.73. The van der Waals surface area contributed by atoms with Crippen molar-refractivity contribution < 1.29 is 48.1 Å². The Bertz CT molecular complexity index is 245. The van der Waals surface area contributed by atoms with Crippen LogP contribution in [-0.2, 0) is 27.2 Å². The fourth-order valence-electron chi connectivity index (χ4n) is 0.224. The molecule has 11 heteroatoms. The molecule has 0 rings (SSSR count). The number of rotatable bonds is 2. The van der Waals surface area contributed by atoms with Gasteiger partial charge in [-0.2, -0.15) is 13.2 Å². The van der Waals surface area contributed by atoms with Gasteiger partial charge >= 0.3 is 22.6 Å². The summed E-state index contributed by atoms with van der Waals surface area (Å²) in [5.74, 6) is 0. The second kappa shape index (κ2) is 11.3. The molecule has 0 spiro atoms. The van der Waals surface area contributed by atoms with Crippen molar-refractivity contribution in [2.75, 3.05) is 12.3 Å². The van der Waals surface area contributed by atoms with Crippen LogP contribution >= 0.6 is 8.15 Å². The molecule has 0 aromatic rings. The van der Waals surface area contributed by atoms with Crippen LogP contribution in [0, 0.1) is 0 Å². The van der Waals surface area contributed by atoms with Crippen LogP contribution < -0.4 is 0 Å². The maximum Gasteiger partial charge on any atom is 1.00 e. The summed E-state index contributed by atoms with van der Waals surface area (Å²) < 4.78 is 58.9. The molecule has 0 aromatic heterocycles. The van der Waals surface area contributed by atoms with E-state index in [1.54, 1.807) is 0 Å². The molecule has 0 unspecified atom stereocenters. The predicted molar refractivity (Wildman–Crippen MR) is 51.7 cm³/mol. The minimum absolute atomic E-state index is 0. The summed E-state index contributed by atoms with van der Waals surface area (Å²) in [6.07, 6.45) is 1.90. The summed E-state index contributed by atoms with van der Waals surface area (Å²) >= 11 is 0. The average molecular weight is 391 g/mol. The number of halogens is 3. The molecule has 0 aliphatic rings. The molecule has 0 fully saturated rings.